The van der Waals surface area contributed by atoms with Crippen LogP contribution in [0.4, 0.5) is 0 Å². The summed E-state index contributed by atoms with van der Waals surface area (Å²) in [4.78, 5) is 23.8. The quantitative estimate of drug-likeness (QED) is 0.492. The lowest BCUT2D eigenvalue weighted by Crippen LogP contribution is -2.01. The third kappa shape index (κ3) is 2.72. The first-order valence-electron chi connectivity index (χ1n) is 7.19. The Bertz CT molecular complexity index is 752. The number of hydrogen-bond donors (Lipinski definition) is 0. The SMILES string of the molecule is COC(=O)c1occc1/C=C/C(=O)c1ccc2c(c1)CCC2. The van der Waals surface area contributed by atoms with E-state index >= 15 is 0 Å². The molecule has 0 fully saturated rings. The fourth-order valence-electron chi connectivity index (χ4n) is 2.70. The zero-order valence-corrected chi connectivity index (χ0v) is 12.3. The van der Waals surface area contributed by atoms with Crippen molar-refractivity contribution < 1.29 is 18.7 Å². The van der Waals surface area contributed by atoms with Gasteiger partial charge in [0, 0.05) is 11.1 Å². The predicted octanol–water partition coefficient (Wildman–Crippen LogP) is 3.45. The number of allylic oxidation sites excluding steroid dienone is 1. The van der Waals surface area contributed by atoms with E-state index in [0.29, 0.717) is 11.1 Å². The molecule has 1 aromatic heterocycles. The molecule has 0 spiro atoms. The minimum absolute atomic E-state index is 0.0910. The number of carbonyl (C=O) groups excluding carboxylic acids is 2. The first kappa shape index (κ1) is 14.3. The van der Waals surface area contributed by atoms with Crippen molar-refractivity contribution in [3.63, 3.8) is 0 Å². The molecule has 2 aromatic rings. The number of ether oxygens (including phenoxy) is 1. The third-order valence-electron chi connectivity index (χ3n) is 3.86. The Morgan fingerprint density at radius 3 is 2.82 bits per heavy atom. The molecule has 1 heterocycles. The molecule has 1 aliphatic carbocycles. The monoisotopic (exact) mass is 296 g/mol. The maximum atomic E-state index is 12.3. The standard InChI is InChI=1S/C18H16O4/c1-21-18(20)17-13(9-10-22-17)7-8-16(19)15-6-5-12-3-2-4-14(12)11-15/h5-11H,2-4H2,1H3/b8-7+. The second-order valence-corrected chi connectivity index (χ2v) is 5.23. The molecule has 0 radical (unpaired) electrons. The maximum absolute atomic E-state index is 12.3. The topological polar surface area (TPSA) is 56.5 Å². The van der Waals surface area contributed by atoms with Gasteiger partial charge < -0.3 is 9.15 Å². The van der Waals surface area contributed by atoms with Gasteiger partial charge in [0.1, 0.15) is 0 Å². The summed E-state index contributed by atoms with van der Waals surface area (Å²) in [5.74, 6) is -0.554. The number of furan rings is 1. The highest BCUT2D eigenvalue weighted by Gasteiger charge is 2.15. The molecule has 0 bridgehead atoms. The van der Waals surface area contributed by atoms with Crippen LogP contribution in [0, 0.1) is 0 Å². The summed E-state index contributed by atoms with van der Waals surface area (Å²) in [7, 11) is 1.29. The van der Waals surface area contributed by atoms with Crippen LogP contribution in [0.15, 0.2) is 41.0 Å². The summed E-state index contributed by atoms with van der Waals surface area (Å²) in [6.07, 6.45) is 7.71. The zero-order valence-electron chi connectivity index (χ0n) is 12.3. The molecule has 0 unspecified atom stereocenters. The van der Waals surface area contributed by atoms with Gasteiger partial charge in [-0.05, 0) is 54.7 Å². The molecule has 0 saturated carbocycles. The minimum Gasteiger partial charge on any atom is -0.463 e. The fourth-order valence-corrected chi connectivity index (χ4v) is 2.70. The number of hydrogen-bond acceptors (Lipinski definition) is 4. The van der Waals surface area contributed by atoms with Crippen molar-refractivity contribution in [2.45, 2.75) is 19.3 Å². The molecule has 0 amide bonds. The Hall–Kier alpha value is -2.62. The lowest BCUT2D eigenvalue weighted by molar-refractivity contribution is 0.0564. The lowest BCUT2D eigenvalue weighted by Gasteiger charge is -2.01. The van der Waals surface area contributed by atoms with E-state index in [2.05, 4.69) is 4.74 Å². The van der Waals surface area contributed by atoms with Gasteiger partial charge in [0.25, 0.3) is 0 Å². The van der Waals surface area contributed by atoms with Crippen molar-refractivity contribution in [1.29, 1.82) is 0 Å². The van der Waals surface area contributed by atoms with Gasteiger partial charge in [0.2, 0.25) is 5.76 Å². The van der Waals surface area contributed by atoms with Crippen LogP contribution in [0.25, 0.3) is 6.08 Å². The van der Waals surface area contributed by atoms with E-state index in [4.69, 9.17) is 4.42 Å². The molecule has 22 heavy (non-hydrogen) atoms. The van der Waals surface area contributed by atoms with Gasteiger partial charge >= 0.3 is 5.97 Å². The number of fused-ring (bicyclic) bond motifs is 1. The van der Waals surface area contributed by atoms with Crippen molar-refractivity contribution in [3.8, 4) is 0 Å². The van der Waals surface area contributed by atoms with E-state index in [9.17, 15) is 9.59 Å². The van der Waals surface area contributed by atoms with Crippen molar-refractivity contribution in [3.05, 3.63) is 64.6 Å². The molecule has 0 atom stereocenters. The van der Waals surface area contributed by atoms with Crippen molar-refractivity contribution in [2.24, 2.45) is 0 Å². The molecule has 4 heteroatoms. The molecule has 112 valence electrons. The Labute approximate surface area is 128 Å². The van der Waals surface area contributed by atoms with Crippen LogP contribution in [0.3, 0.4) is 0 Å². The molecule has 1 aliphatic rings. The van der Waals surface area contributed by atoms with Gasteiger partial charge in [-0.1, -0.05) is 12.1 Å². The summed E-state index contributed by atoms with van der Waals surface area (Å²) in [6.45, 7) is 0. The summed E-state index contributed by atoms with van der Waals surface area (Å²) >= 11 is 0. The summed E-state index contributed by atoms with van der Waals surface area (Å²) in [5.41, 5.74) is 3.79. The van der Waals surface area contributed by atoms with Gasteiger partial charge in [0.15, 0.2) is 5.78 Å². The number of benzene rings is 1. The van der Waals surface area contributed by atoms with E-state index in [1.807, 2.05) is 18.2 Å². The Kier molecular flexibility index (Phi) is 3.92. The molecule has 0 N–H and O–H groups in total. The molecular weight excluding hydrogens is 280 g/mol. The fraction of sp³-hybridized carbons (Fsp3) is 0.222. The summed E-state index contributed by atoms with van der Waals surface area (Å²) in [5, 5.41) is 0. The summed E-state index contributed by atoms with van der Waals surface area (Å²) < 4.78 is 9.70. The van der Waals surface area contributed by atoms with Gasteiger partial charge in [-0.25, -0.2) is 4.79 Å². The second kappa shape index (κ2) is 6.02. The van der Waals surface area contributed by atoms with E-state index in [-0.39, 0.29) is 11.5 Å². The van der Waals surface area contributed by atoms with Gasteiger partial charge in [0.05, 0.1) is 13.4 Å². The van der Waals surface area contributed by atoms with Crippen LogP contribution < -0.4 is 0 Å². The van der Waals surface area contributed by atoms with E-state index in [1.165, 1.54) is 30.6 Å². The predicted molar refractivity (Wildman–Crippen MR) is 81.9 cm³/mol. The van der Waals surface area contributed by atoms with Crippen LogP contribution in [0.5, 0.6) is 0 Å². The largest absolute Gasteiger partial charge is 0.463 e. The first-order valence-corrected chi connectivity index (χ1v) is 7.19. The van der Waals surface area contributed by atoms with Gasteiger partial charge in [-0.2, -0.15) is 0 Å². The van der Waals surface area contributed by atoms with Crippen LogP contribution in [0.2, 0.25) is 0 Å². The minimum atomic E-state index is -0.561. The normalized spacial score (nSPS) is 13.3. The van der Waals surface area contributed by atoms with E-state index in [1.54, 1.807) is 12.1 Å². The Morgan fingerprint density at radius 1 is 1.18 bits per heavy atom. The van der Waals surface area contributed by atoms with Crippen LogP contribution in [-0.4, -0.2) is 18.9 Å². The molecular formula is C18H16O4. The molecule has 0 aliphatic heterocycles. The molecule has 4 nitrogen and oxygen atoms in total. The number of aryl methyl sites for hydroxylation is 2. The van der Waals surface area contributed by atoms with Gasteiger partial charge in [-0.15, -0.1) is 0 Å². The number of ketones is 1. The van der Waals surface area contributed by atoms with E-state index < -0.39 is 5.97 Å². The van der Waals surface area contributed by atoms with Crippen molar-refractivity contribution in [1.82, 2.24) is 0 Å². The van der Waals surface area contributed by atoms with E-state index in [0.717, 1.165) is 19.3 Å². The highest BCUT2D eigenvalue weighted by atomic mass is 16.5. The van der Waals surface area contributed by atoms with Gasteiger partial charge in [-0.3, -0.25) is 4.79 Å². The third-order valence-corrected chi connectivity index (χ3v) is 3.86. The average Bonchev–Trinajstić information content (AvgIpc) is 3.19. The number of rotatable bonds is 4. The number of esters is 1. The van der Waals surface area contributed by atoms with Crippen LogP contribution in [-0.2, 0) is 17.6 Å². The average molecular weight is 296 g/mol. The highest BCUT2D eigenvalue weighted by molar-refractivity contribution is 6.07. The smallest absolute Gasteiger partial charge is 0.374 e. The summed E-state index contributed by atoms with van der Waals surface area (Å²) in [6, 6.07) is 7.47. The number of methoxy groups -OCH3 is 1. The highest BCUT2D eigenvalue weighted by Crippen LogP contribution is 2.23. The Morgan fingerprint density at radius 2 is 2.00 bits per heavy atom. The Balaban J connectivity index is 1.80. The molecule has 3 rings (SSSR count). The zero-order chi connectivity index (χ0) is 15.5. The first-order chi connectivity index (χ1) is 10.7. The molecule has 0 saturated heterocycles. The number of carbonyl (C=O) groups is 2. The van der Waals surface area contributed by atoms with Crippen LogP contribution in [0.1, 0.15) is 44.0 Å². The molecule has 1 aromatic carbocycles. The maximum Gasteiger partial charge on any atom is 0.374 e. The van der Waals surface area contributed by atoms with Crippen molar-refractivity contribution in [2.75, 3.05) is 7.11 Å². The second-order valence-electron chi connectivity index (χ2n) is 5.23. The van der Waals surface area contributed by atoms with Crippen LogP contribution >= 0.6 is 0 Å². The van der Waals surface area contributed by atoms with Crippen molar-refractivity contribution >= 4 is 17.8 Å². The lowest BCUT2D eigenvalue weighted by atomic mass is 10.0.